The van der Waals surface area contributed by atoms with E-state index in [1.54, 1.807) is 0 Å². The summed E-state index contributed by atoms with van der Waals surface area (Å²) in [6, 6.07) is 1.57. The lowest BCUT2D eigenvalue weighted by Crippen LogP contribution is -2.46. The number of hydrogen-bond acceptors (Lipinski definition) is 2. The van der Waals surface area contributed by atoms with Gasteiger partial charge in [-0.1, -0.05) is 19.8 Å². The molecule has 0 aromatic carbocycles. The highest BCUT2D eigenvalue weighted by Crippen LogP contribution is 2.24. The van der Waals surface area contributed by atoms with Gasteiger partial charge in [-0.25, -0.2) is 0 Å². The van der Waals surface area contributed by atoms with Crippen LogP contribution in [0, 0.1) is 5.92 Å². The third-order valence-electron chi connectivity index (χ3n) is 3.80. The average molecular weight is 229 g/mol. The molecule has 0 spiro atoms. The summed E-state index contributed by atoms with van der Waals surface area (Å²) in [5.74, 6) is 1.84. The first kappa shape index (κ1) is 13.4. The molecule has 0 saturated carbocycles. The number of rotatable bonds is 5. The third kappa shape index (κ3) is 3.99. The molecule has 90 valence electrons. The van der Waals surface area contributed by atoms with Gasteiger partial charge < -0.3 is 0 Å². The Balaban J connectivity index is 2.45. The van der Waals surface area contributed by atoms with E-state index in [1.807, 2.05) is 0 Å². The van der Waals surface area contributed by atoms with Crippen molar-refractivity contribution in [1.82, 2.24) is 4.90 Å². The first-order valence-corrected chi connectivity index (χ1v) is 7.18. The molecule has 15 heavy (non-hydrogen) atoms. The van der Waals surface area contributed by atoms with E-state index in [1.165, 1.54) is 38.6 Å². The van der Waals surface area contributed by atoms with Crippen molar-refractivity contribution in [2.24, 2.45) is 5.92 Å². The summed E-state index contributed by atoms with van der Waals surface area (Å²) in [6.07, 6.45) is 6.81. The van der Waals surface area contributed by atoms with Crippen LogP contribution >= 0.6 is 12.6 Å². The van der Waals surface area contributed by atoms with Crippen LogP contribution in [0.4, 0.5) is 0 Å². The highest BCUT2D eigenvalue weighted by Gasteiger charge is 2.26. The van der Waals surface area contributed by atoms with Gasteiger partial charge in [0.15, 0.2) is 0 Å². The van der Waals surface area contributed by atoms with Crippen molar-refractivity contribution >= 4 is 12.6 Å². The van der Waals surface area contributed by atoms with Crippen molar-refractivity contribution < 1.29 is 0 Å². The summed E-state index contributed by atoms with van der Waals surface area (Å²) in [4.78, 5) is 2.71. The minimum absolute atomic E-state index is 0.785. The van der Waals surface area contributed by atoms with E-state index in [0.29, 0.717) is 0 Å². The first-order valence-electron chi connectivity index (χ1n) is 6.55. The maximum absolute atomic E-state index is 4.48. The minimum atomic E-state index is 0.785. The predicted octanol–water partition coefficient (Wildman–Crippen LogP) is 3.60. The number of hydrogen-bond donors (Lipinski definition) is 1. The van der Waals surface area contributed by atoms with Crippen LogP contribution in [0.1, 0.15) is 52.9 Å². The molecule has 0 aliphatic carbocycles. The van der Waals surface area contributed by atoms with Gasteiger partial charge in [-0.3, -0.25) is 4.90 Å². The number of likely N-dealkylation sites (tertiary alicyclic amines) is 1. The smallest absolute Gasteiger partial charge is 0.00698 e. The van der Waals surface area contributed by atoms with Crippen molar-refractivity contribution in [1.29, 1.82) is 0 Å². The number of nitrogens with zero attached hydrogens (tertiary/aromatic N) is 1. The summed E-state index contributed by atoms with van der Waals surface area (Å²) in [5, 5.41) is 0. The lowest BCUT2D eigenvalue weighted by molar-refractivity contribution is 0.0861. The molecule has 1 saturated heterocycles. The fraction of sp³-hybridized carbons (Fsp3) is 1.00. The molecule has 0 aromatic rings. The highest BCUT2D eigenvalue weighted by atomic mass is 32.1. The predicted molar refractivity (Wildman–Crippen MR) is 71.7 cm³/mol. The fourth-order valence-electron chi connectivity index (χ4n) is 2.78. The molecule has 1 unspecified atom stereocenters. The van der Waals surface area contributed by atoms with Gasteiger partial charge in [0.2, 0.25) is 0 Å². The highest BCUT2D eigenvalue weighted by molar-refractivity contribution is 7.80. The van der Waals surface area contributed by atoms with E-state index in [9.17, 15) is 0 Å². The molecule has 3 atom stereocenters. The molecule has 0 N–H and O–H groups in total. The van der Waals surface area contributed by atoms with Gasteiger partial charge >= 0.3 is 0 Å². The molecule has 0 radical (unpaired) electrons. The van der Waals surface area contributed by atoms with Crippen molar-refractivity contribution in [3.63, 3.8) is 0 Å². The lowest BCUT2D eigenvalue weighted by Gasteiger charge is -2.40. The summed E-state index contributed by atoms with van der Waals surface area (Å²) in [6.45, 7) is 8.31. The molecule has 1 aliphatic rings. The van der Waals surface area contributed by atoms with Crippen molar-refractivity contribution in [2.45, 2.75) is 65.0 Å². The zero-order valence-corrected chi connectivity index (χ0v) is 11.5. The van der Waals surface area contributed by atoms with Crippen LogP contribution in [0.15, 0.2) is 0 Å². The molecule has 1 nitrogen and oxygen atoms in total. The molecule has 1 heterocycles. The normalized spacial score (nSPS) is 30.4. The van der Waals surface area contributed by atoms with E-state index < -0.39 is 0 Å². The van der Waals surface area contributed by atoms with Crippen molar-refractivity contribution in [3.05, 3.63) is 0 Å². The maximum Gasteiger partial charge on any atom is 0.00698 e. The second kappa shape index (κ2) is 6.80. The largest absolute Gasteiger partial charge is 0.298 e. The fourth-order valence-corrected chi connectivity index (χ4v) is 3.08. The van der Waals surface area contributed by atoms with Crippen molar-refractivity contribution in [2.75, 3.05) is 12.3 Å². The van der Waals surface area contributed by atoms with Crippen LogP contribution in [0.2, 0.25) is 0 Å². The molecule has 0 aromatic heterocycles. The average Bonchev–Trinajstić information content (AvgIpc) is 2.22. The lowest BCUT2D eigenvalue weighted by atomic mass is 9.95. The Morgan fingerprint density at radius 3 is 2.33 bits per heavy atom. The van der Waals surface area contributed by atoms with Gasteiger partial charge in [0.1, 0.15) is 0 Å². The molecular weight excluding hydrogens is 202 g/mol. The third-order valence-corrected chi connectivity index (χ3v) is 4.32. The van der Waals surface area contributed by atoms with E-state index in [4.69, 9.17) is 0 Å². The summed E-state index contributed by atoms with van der Waals surface area (Å²) < 4.78 is 0. The van der Waals surface area contributed by atoms with Gasteiger partial charge in [-0.15, -0.1) is 0 Å². The Morgan fingerprint density at radius 2 is 1.87 bits per heavy atom. The Labute approximate surface area is 101 Å². The van der Waals surface area contributed by atoms with Crippen LogP contribution in [0.3, 0.4) is 0 Å². The monoisotopic (exact) mass is 229 g/mol. The summed E-state index contributed by atoms with van der Waals surface area (Å²) in [7, 11) is 0. The maximum atomic E-state index is 4.48. The van der Waals surface area contributed by atoms with Gasteiger partial charge in [-0.2, -0.15) is 12.6 Å². The van der Waals surface area contributed by atoms with Crippen LogP contribution in [-0.2, 0) is 0 Å². The topological polar surface area (TPSA) is 3.24 Å². The Kier molecular flexibility index (Phi) is 6.06. The Morgan fingerprint density at radius 1 is 1.27 bits per heavy atom. The van der Waals surface area contributed by atoms with E-state index in [0.717, 1.165) is 23.8 Å². The molecule has 1 aliphatic heterocycles. The van der Waals surface area contributed by atoms with Gasteiger partial charge in [0, 0.05) is 18.6 Å². The summed E-state index contributed by atoms with van der Waals surface area (Å²) in [5.41, 5.74) is 0. The first-order chi connectivity index (χ1) is 7.19. The minimum Gasteiger partial charge on any atom is -0.298 e. The molecule has 0 amide bonds. The molecule has 1 rings (SSSR count). The van der Waals surface area contributed by atoms with E-state index in [2.05, 4.69) is 38.3 Å². The Hall–Kier alpha value is 0.310. The van der Waals surface area contributed by atoms with Crippen LogP contribution in [0.25, 0.3) is 0 Å². The molecular formula is C13H27NS. The number of piperidine rings is 1. The molecule has 2 heteroatoms. The quantitative estimate of drug-likeness (QED) is 0.705. The van der Waals surface area contributed by atoms with Gasteiger partial charge in [0.05, 0.1) is 0 Å². The molecule has 1 fully saturated rings. The zero-order valence-electron chi connectivity index (χ0n) is 10.6. The SMILES string of the molecule is CCCC(CS)CN1[C@H](C)CCC[C@@H]1C. The second-order valence-electron chi connectivity index (χ2n) is 5.16. The van der Waals surface area contributed by atoms with Crippen LogP contribution < -0.4 is 0 Å². The van der Waals surface area contributed by atoms with E-state index in [-0.39, 0.29) is 0 Å². The van der Waals surface area contributed by atoms with E-state index >= 15 is 0 Å². The molecule has 0 bridgehead atoms. The Bertz CT molecular complexity index is 162. The van der Waals surface area contributed by atoms with Gasteiger partial charge in [0.25, 0.3) is 0 Å². The van der Waals surface area contributed by atoms with Gasteiger partial charge in [-0.05, 0) is 44.8 Å². The van der Waals surface area contributed by atoms with Crippen molar-refractivity contribution in [3.8, 4) is 0 Å². The summed E-state index contributed by atoms with van der Waals surface area (Å²) >= 11 is 4.48. The number of thiol groups is 1. The zero-order chi connectivity index (χ0) is 11.3. The van der Waals surface area contributed by atoms with Crippen LogP contribution in [-0.4, -0.2) is 29.3 Å². The second-order valence-corrected chi connectivity index (χ2v) is 5.53. The van der Waals surface area contributed by atoms with Crippen LogP contribution in [0.5, 0.6) is 0 Å². The standard InChI is InChI=1S/C13H27NS/c1-4-6-13(10-15)9-14-11(2)7-5-8-12(14)3/h11-13,15H,4-10H2,1-3H3/t11-,12+,13?.